The van der Waals surface area contributed by atoms with Gasteiger partial charge in [0.2, 0.25) is 5.91 Å². The number of nitrogens with zero attached hydrogens (tertiary/aromatic N) is 1. The van der Waals surface area contributed by atoms with Crippen LogP contribution in [0, 0.1) is 0 Å². The predicted octanol–water partition coefficient (Wildman–Crippen LogP) is 0.877. The molecule has 16 heavy (non-hydrogen) atoms. The van der Waals surface area contributed by atoms with Crippen LogP contribution in [0.1, 0.15) is 33.1 Å². The summed E-state index contributed by atoms with van der Waals surface area (Å²) in [4.78, 5) is 24.0. The van der Waals surface area contributed by atoms with Crippen molar-refractivity contribution < 1.29 is 19.4 Å². The minimum atomic E-state index is -0.922. The van der Waals surface area contributed by atoms with Crippen LogP contribution in [0.4, 0.5) is 0 Å². The summed E-state index contributed by atoms with van der Waals surface area (Å²) in [5.74, 6) is -1.14. The summed E-state index contributed by atoms with van der Waals surface area (Å²) in [6.07, 6.45) is 2.18. The van der Waals surface area contributed by atoms with E-state index in [1.54, 1.807) is 0 Å². The molecule has 0 bridgehead atoms. The first-order valence-electron chi connectivity index (χ1n) is 5.70. The molecule has 1 heterocycles. The molecule has 0 aromatic rings. The minimum Gasteiger partial charge on any atom is -0.480 e. The Kier molecular flexibility index (Phi) is 4.73. The fourth-order valence-electron chi connectivity index (χ4n) is 1.74. The largest absolute Gasteiger partial charge is 0.480 e. The van der Waals surface area contributed by atoms with Crippen molar-refractivity contribution in [2.24, 2.45) is 0 Å². The standard InChI is InChI=1S/C11H19NO4/c1-3-8(2)16-7-10(13)12-6-4-5-9(12)11(14)15/h8-9H,3-7H2,1-2H3,(H,14,15). The molecule has 0 saturated carbocycles. The van der Waals surface area contributed by atoms with E-state index in [9.17, 15) is 9.59 Å². The molecule has 5 nitrogen and oxygen atoms in total. The summed E-state index contributed by atoms with van der Waals surface area (Å²) in [6, 6.07) is -0.659. The highest BCUT2D eigenvalue weighted by molar-refractivity contribution is 5.84. The van der Waals surface area contributed by atoms with Crippen molar-refractivity contribution in [2.75, 3.05) is 13.2 Å². The number of ether oxygens (including phenoxy) is 1. The zero-order chi connectivity index (χ0) is 12.1. The number of carboxylic acids is 1. The SMILES string of the molecule is CCC(C)OCC(=O)N1CCCC1C(=O)O. The Hall–Kier alpha value is -1.10. The first-order valence-corrected chi connectivity index (χ1v) is 5.70. The molecule has 0 aliphatic carbocycles. The number of carbonyl (C=O) groups is 2. The lowest BCUT2D eigenvalue weighted by atomic mass is 10.2. The monoisotopic (exact) mass is 229 g/mol. The second-order valence-corrected chi connectivity index (χ2v) is 4.11. The van der Waals surface area contributed by atoms with Crippen molar-refractivity contribution in [3.63, 3.8) is 0 Å². The number of carboxylic acid groups (broad SMARTS) is 1. The number of carbonyl (C=O) groups excluding carboxylic acids is 1. The molecular formula is C11H19NO4. The lowest BCUT2D eigenvalue weighted by Crippen LogP contribution is -2.42. The van der Waals surface area contributed by atoms with E-state index in [-0.39, 0.29) is 18.6 Å². The molecular weight excluding hydrogens is 210 g/mol. The summed E-state index contributed by atoms with van der Waals surface area (Å²) in [5, 5.41) is 8.92. The Bertz CT molecular complexity index is 267. The van der Waals surface area contributed by atoms with Crippen molar-refractivity contribution in [2.45, 2.75) is 45.3 Å². The zero-order valence-electron chi connectivity index (χ0n) is 9.81. The van der Waals surface area contributed by atoms with E-state index in [1.807, 2.05) is 13.8 Å². The zero-order valence-corrected chi connectivity index (χ0v) is 9.81. The van der Waals surface area contributed by atoms with Crippen LogP contribution in [-0.2, 0) is 14.3 Å². The predicted molar refractivity (Wildman–Crippen MR) is 58.1 cm³/mol. The highest BCUT2D eigenvalue weighted by Gasteiger charge is 2.33. The van der Waals surface area contributed by atoms with E-state index in [0.717, 1.165) is 12.8 Å². The third-order valence-corrected chi connectivity index (χ3v) is 2.92. The summed E-state index contributed by atoms with van der Waals surface area (Å²) in [7, 11) is 0. The summed E-state index contributed by atoms with van der Waals surface area (Å²) < 4.78 is 5.31. The number of hydrogen-bond acceptors (Lipinski definition) is 3. The molecule has 1 saturated heterocycles. The molecule has 0 radical (unpaired) electrons. The molecule has 0 aromatic heterocycles. The molecule has 0 aromatic carbocycles. The first kappa shape index (κ1) is 13.0. The van der Waals surface area contributed by atoms with Crippen LogP contribution < -0.4 is 0 Å². The highest BCUT2D eigenvalue weighted by atomic mass is 16.5. The van der Waals surface area contributed by atoms with Gasteiger partial charge in [-0.25, -0.2) is 4.79 Å². The third-order valence-electron chi connectivity index (χ3n) is 2.92. The van der Waals surface area contributed by atoms with Gasteiger partial charge in [0.05, 0.1) is 6.10 Å². The van der Waals surface area contributed by atoms with Gasteiger partial charge in [-0.15, -0.1) is 0 Å². The van der Waals surface area contributed by atoms with Crippen LogP contribution in [0.2, 0.25) is 0 Å². The second-order valence-electron chi connectivity index (χ2n) is 4.11. The second kappa shape index (κ2) is 5.84. The lowest BCUT2D eigenvalue weighted by molar-refractivity contribution is -0.150. The number of likely N-dealkylation sites (tertiary alicyclic amines) is 1. The third kappa shape index (κ3) is 3.20. The maximum Gasteiger partial charge on any atom is 0.326 e. The molecule has 0 spiro atoms. The molecule has 5 heteroatoms. The van der Waals surface area contributed by atoms with Gasteiger partial charge < -0.3 is 14.7 Å². The number of amides is 1. The Morgan fingerprint density at radius 1 is 1.56 bits per heavy atom. The van der Waals surface area contributed by atoms with Crippen molar-refractivity contribution in [3.8, 4) is 0 Å². The molecule has 1 fully saturated rings. The van der Waals surface area contributed by atoms with Gasteiger partial charge in [-0.3, -0.25) is 4.79 Å². The Balaban J connectivity index is 2.44. The van der Waals surface area contributed by atoms with Gasteiger partial charge in [-0.05, 0) is 26.2 Å². The van der Waals surface area contributed by atoms with E-state index in [4.69, 9.17) is 9.84 Å². The number of hydrogen-bond donors (Lipinski definition) is 1. The smallest absolute Gasteiger partial charge is 0.326 e. The molecule has 2 atom stereocenters. The minimum absolute atomic E-state index is 0.0151. The van der Waals surface area contributed by atoms with Crippen molar-refractivity contribution in [3.05, 3.63) is 0 Å². The number of rotatable bonds is 5. The average molecular weight is 229 g/mol. The fraction of sp³-hybridized carbons (Fsp3) is 0.818. The molecule has 1 aliphatic rings. The van der Waals surface area contributed by atoms with Gasteiger partial charge in [-0.1, -0.05) is 6.92 Å². The Morgan fingerprint density at radius 3 is 2.81 bits per heavy atom. The normalized spacial score (nSPS) is 22.1. The van der Waals surface area contributed by atoms with Gasteiger partial charge in [0, 0.05) is 6.54 Å². The highest BCUT2D eigenvalue weighted by Crippen LogP contribution is 2.17. The van der Waals surface area contributed by atoms with Gasteiger partial charge in [0.25, 0.3) is 0 Å². The molecule has 2 unspecified atom stereocenters. The van der Waals surface area contributed by atoms with E-state index in [2.05, 4.69) is 0 Å². The number of aliphatic carboxylic acids is 1. The van der Waals surface area contributed by atoms with Crippen molar-refractivity contribution in [1.82, 2.24) is 4.90 Å². The van der Waals surface area contributed by atoms with E-state index in [0.29, 0.717) is 13.0 Å². The van der Waals surface area contributed by atoms with E-state index < -0.39 is 12.0 Å². The van der Waals surface area contributed by atoms with Crippen LogP contribution in [0.3, 0.4) is 0 Å². The molecule has 1 aliphatic heterocycles. The lowest BCUT2D eigenvalue weighted by Gasteiger charge is -2.22. The Labute approximate surface area is 95.4 Å². The molecule has 1 N–H and O–H groups in total. The van der Waals surface area contributed by atoms with E-state index >= 15 is 0 Å². The summed E-state index contributed by atoms with van der Waals surface area (Å²) in [6.45, 7) is 4.38. The molecule has 1 rings (SSSR count). The molecule has 1 amide bonds. The van der Waals surface area contributed by atoms with Crippen LogP contribution >= 0.6 is 0 Å². The van der Waals surface area contributed by atoms with E-state index in [1.165, 1.54) is 4.90 Å². The average Bonchev–Trinajstić information content (AvgIpc) is 2.74. The maximum absolute atomic E-state index is 11.7. The van der Waals surface area contributed by atoms with Gasteiger partial charge in [-0.2, -0.15) is 0 Å². The van der Waals surface area contributed by atoms with Gasteiger partial charge >= 0.3 is 5.97 Å². The van der Waals surface area contributed by atoms with Crippen molar-refractivity contribution >= 4 is 11.9 Å². The topological polar surface area (TPSA) is 66.8 Å². The fourth-order valence-corrected chi connectivity index (χ4v) is 1.74. The van der Waals surface area contributed by atoms with Crippen molar-refractivity contribution in [1.29, 1.82) is 0 Å². The van der Waals surface area contributed by atoms with Crippen LogP contribution in [0.25, 0.3) is 0 Å². The first-order chi connectivity index (χ1) is 7.56. The van der Waals surface area contributed by atoms with Gasteiger partial charge in [0.1, 0.15) is 12.6 Å². The van der Waals surface area contributed by atoms with Gasteiger partial charge in [0.15, 0.2) is 0 Å². The Morgan fingerprint density at radius 2 is 2.25 bits per heavy atom. The van der Waals surface area contributed by atoms with Crippen LogP contribution in [0.15, 0.2) is 0 Å². The maximum atomic E-state index is 11.7. The van der Waals surface area contributed by atoms with Crippen LogP contribution in [-0.4, -0.2) is 47.2 Å². The quantitative estimate of drug-likeness (QED) is 0.759. The van der Waals surface area contributed by atoms with Crippen LogP contribution in [0.5, 0.6) is 0 Å². The summed E-state index contributed by atoms with van der Waals surface area (Å²) >= 11 is 0. The summed E-state index contributed by atoms with van der Waals surface area (Å²) in [5.41, 5.74) is 0. The molecule has 92 valence electrons.